The van der Waals surface area contributed by atoms with Gasteiger partial charge in [-0.25, -0.2) is 4.98 Å². The number of thioether (sulfide) groups is 1. The van der Waals surface area contributed by atoms with E-state index in [2.05, 4.69) is 4.98 Å². The third kappa shape index (κ3) is 6.82. The number of para-hydroxylation sites is 1. The van der Waals surface area contributed by atoms with Crippen LogP contribution in [-0.2, 0) is 22.6 Å². The number of amides is 1. The van der Waals surface area contributed by atoms with Gasteiger partial charge < -0.3 is 14.4 Å². The van der Waals surface area contributed by atoms with Crippen molar-refractivity contribution < 1.29 is 14.3 Å². The first kappa shape index (κ1) is 24.8. The van der Waals surface area contributed by atoms with Crippen LogP contribution in [0.2, 0.25) is 0 Å². The summed E-state index contributed by atoms with van der Waals surface area (Å²) in [5.74, 6) is 0.904. The number of methoxy groups -OCH3 is 1. The molecule has 0 N–H and O–H groups in total. The Hall–Kier alpha value is -2.84. The molecule has 1 aromatic heterocycles. The molecule has 33 heavy (non-hydrogen) atoms. The first-order valence-corrected chi connectivity index (χ1v) is 12.0. The zero-order valence-electron chi connectivity index (χ0n) is 19.6. The number of hydrogen-bond donors (Lipinski definition) is 0. The molecular formula is C25H31N3O4S. The highest BCUT2D eigenvalue weighted by molar-refractivity contribution is 7.99. The molecule has 0 spiro atoms. The summed E-state index contributed by atoms with van der Waals surface area (Å²) in [6.07, 6.45) is 0.832. The predicted molar refractivity (Wildman–Crippen MR) is 132 cm³/mol. The Bertz CT molecular complexity index is 1150. The summed E-state index contributed by atoms with van der Waals surface area (Å²) in [4.78, 5) is 32.3. The minimum absolute atomic E-state index is 0.0417. The van der Waals surface area contributed by atoms with Gasteiger partial charge in [-0.15, -0.1) is 0 Å². The molecule has 8 heteroatoms. The summed E-state index contributed by atoms with van der Waals surface area (Å²) in [5, 5.41) is 1.12. The van der Waals surface area contributed by atoms with Crippen molar-refractivity contribution in [2.24, 2.45) is 0 Å². The van der Waals surface area contributed by atoms with Crippen molar-refractivity contribution in [1.29, 1.82) is 0 Å². The van der Waals surface area contributed by atoms with Crippen molar-refractivity contribution in [2.45, 2.75) is 44.6 Å². The van der Waals surface area contributed by atoms with Gasteiger partial charge in [-0.05, 0) is 50.1 Å². The SMILES string of the molecule is COc1cccc(CN(C)C(=O)CSc2nc3ccccc3c(=O)n2CCCOC(C)C)c1. The molecule has 7 nitrogen and oxygen atoms in total. The number of hydrogen-bond acceptors (Lipinski definition) is 6. The number of aromatic nitrogens is 2. The summed E-state index contributed by atoms with van der Waals surface area (Å²) in [5.41, 5.74) is 1.53. The number of nitrogens with zero attached hydrogens (tertiary/aromatic N) is 3. The van der Waals surface area contributed by atoms with E-state index >= 15 is 0 Å². The molecule has 3 aromatic rings. The molecule has 3 rings (SSSR count). The van der Waals surface area contributed by atoms with Crippen molar-refractivity contribution in [3.8, 4) is 5.75 Å². The molecule has 1 heterocycles. The van der Waals surface area contributed by atoms with E-state index in [1.54, 1.807) is 29.7 Å². The minimum atomic E-state index is -0.0927. The van der Waals surface area contributed by atoms with Gasteiger partial charge in [-0.1, -0.05) is 36.0 Å². The van der Waals surface area contributed by atoms with E-state index in [-0.39, 0.29) is 23.3 Å². The van der Waals surface area contributed by atoms with E-state index in [1.807, 2.05) is 56.3 Å². The maximum Gasteiger partial charge on any atom is 0.262 e. The van der Waals surface area contributed by atoms with Gasteiger partial charge in [0.2, 0.25) is 5.91 Å². The number of carbonyl (C=O) groups excluding carboxylic acids is 1. The van der Waals surface area contributed by atoms with Crippen molar-refractivity contribution in [3.05, 3.63) is 64.4 Å². The number of ether oxygens (including phenoxy) is 2. The second kappa shape index (κ2) is 11.9. The third-order valence-electron chi connectivity index (χ3n) is 5.11. The minimum Gasteiger partial charge on any atom is -0.497 e. The summed E-state index contributed by atoms with van der Waals surface area (Å²) in [6.45, 7) is 5.49. The second-order valence-corrected chi connectivity index (χ2v) is 8.97. The largest absolute Gasteiger partial charge is 0.497 e. The second-order valence-electron chi connectivity index (χ2n) is 8.03. The third-order valence-corrected chi connectivity index (χ3v) is 6.07. The molecule has 0 aliphatic heterocycles. The Labute approximate surface area is 198 Å². The van der Waals surface area contributed by atoms with E-state index in [0.29, 0.717) is 42.2 Å². The standard InChI is InChI=1S/C25H31N3O4S/c1-18(2)32-14-8-13-28-24(30)21-11-5-6-12-22(21)26-25(28)33-17-23(29)27(3)16-19-9-7-10-20(15-19)31-4/h5-7,9-12,15,18H,8,13-14,16-17H2,1-4H3. The van der Waals surface area contributed by atoms with E-state index < -0.39 is 0 Å². The molecular weight excluding hydrogens is 438 g/mol. The molecule has 0 saturated carbocycles. The molecule has 0 fully saturated rings. The van der Waals surface area contributed by atoms with Gasteiger partial charge in [0.1, 0.15) is 5.75 Å². The van der Waals surface area contributed by atoms with Gasteiger partial charge >= 0.3 is 0 Å². The molecule has 1 amide bonds. The summed E-state index contributed by atoms with van der Waals surface area (Å²) >= 11 is 1.29. The molecule has 0 radical (unpaired) electrons. The van der Waals surface area contributed by atoms with Crippen molar-refractivity contribution in [2.75, 3.05) is 26.5 Å². The van der Waals surface area contributed by atoms with Crippen LogP contribution < -0.4 is 10.3 Å². The Kier molecular flexibility index (Phi) is 8.91. The van der Waals surface area contributed by atoms with Gasteiger partial charge in [0.05, 0.1) is 29.9 Å². The fraction of sp³-hybridized carbons (Fsp3) is 0.400. The normalized spacial score (nSPS) is 11.2. The van der Waals surface area contributed by atoms with E-state index in [9.17, 15) is 9.59 Å². The van der Waals surface area contributed by atoms with Crippen LogP contribution in [0.1, 0.15) is 25.8 Å². The summed E-state index contributed by atoms with van der Waals surface area (Å²) in [6, 6.07) is 15.0. The van der Waals surface area contributed by atoms with Crippen molar-refractivity contribution in [1.82, 2.24) is 14.5 Å². The van der Waals surface area contributed by atoms with Gasteiger partial charge in [0.15, 0.2) is 5.16 Å². The zero-order valence-corrected chi connectivity index (χ0v) is 20.4. The molecule has 0 saturated heterocycles. The van der Waals surface area contributed by atoms with Crippen LogP contribution in [0.25, 0.3) is 10.9 Å². The van der Waals surface area contributed by atoms with Crippen LogP contribution in [0, 0.1) is 0 Å². The van der Waals surface area contributed by atoms with Crippen LogP contribution in [0.4, 0.5) is 0 Å². The van der Waals surface area contributed by atoms with E-state index in [1.165, 1.54) is 11.8 Å². The number of benzene rings is 2. The Morgan fingerprint density at radius 3 is 2.73 bits per heavy atom. The predicted octanol–water partition coefficient (Wildman–Crippen LogP) is 3.97. The Morgan fingerprint density at radius 2 is 1.97 bits per heavy atom. The fourth-order valence-electron chi connectivity index (χ4n) is 3.37. The van der Waals surface area contributed by atoms with Crippen LogP contribution >= 0.6 is 11.8 Å². The monoisotopic (exact) mass is 469 g/mol. The Morgan fingerprint density at radius 1 is 1.18 bits per heavy atom. The highest BCUT2D eigenvalue weighted by atomic mass is 32.2. The molecule has 0 aliphatic rings. The van der Waals surface area contributed by atoms with Crippen LogP contribution in [0.15, 0.2) is 58.5 Å². The van der Waals surface area contributed by atoms with E-state index in [0.717, 1.165) is 11.3 Å². The number of rotatable bonds is 11. The van der Waals surface area contributed by atoms with Gasteiger partial charge in [-0.2, -0.15) is 0 Å². The average molecular weight is 470 g/mol. The Balaban J connectivity index is 1.72. The lowest BCUT2D eigenvalue weighted by Gasteiger charge is -2.18. The molecule has 176 valence electrons. The quantitative estimate of drug-likeness (QED) is 0.240. The first-order chi connectivity index (χ1) is 15.9. The maximum atomic E-state index is 13.1. The molecule has 0 bridgehead atoms. The van der Waals surface area contributed by atoms with Crippen LogP contribution in [0.3, 0.4) is 0 Å². The number of fused-ring (bicyclic) bond motifs is 1. The van der Waals surface area contributed by atoms with Crippen LogP contribution in [0.5, 0.6) is 5.75 Å². The smallest absolute Gasteiger partial charge is 0.262 e. The maximum absolute atomic E-state index is 13.1. The fourth-order valence-corrected chi connectivity index (χ4v) is 4.33. The molecule has 2 aromatic carbocycles. The van der Waals surface area contributed by atoms with Gasteiger partial charge in [0.25, 0.3) is 5.56 Å². The van der Waals surface area contributed by atoms with Gasteiger partial charge in [-0.3, -0.25) is 14.2 Å². The van der Waals surface area contributed by atoms with Gasteiger partial charge in [0, 0.05) is 26.7 Å². The van der Waals surface area contributed by atoms with Crippen molar-refractivity contribution in [3.63, 3.8) is 0 Å². The highest BCUT2D eigenvalue weighted by Gasteiger charge is 2.15. The summed E-state index contributed by atoms with van der Waals surface area (Å²) < 4.78 is 12.5. The lowest BCUT2D eigenvalue weighted by Crippen LogP contribution is -2.29. The number of carbonyl (C=O) groups is 1. The lowest BCUT2D eigenvalue weighted by atomic mass is 10.2. The highest BCUT2D eigenvalue weighted by Crippen LogP contribution is 2.20. The van der Waals surface area contributed by atoms with Crippen molar-refractivity contribution >= 4 is 28.6 Å². The zero-order chi connectivity index (χ0) is 23.8. The lowest BCUT2D eigenvalue weighted by molar-refractivity contribution is -0.127. The molecule has 0 aliphatic carbocycles. The molecule has 0 atom stereocenters. The topological polar surface area (TPSA) is 73.7 Å². The average Bonchev–Trinajstić information content (AvgIpc) is 2.81. The first-order valence-electron chi connectivity index (χ1n) is 11.0. The van der Waals surface area contributed by atoms with E-state index in [4.69, 9.17) is 9.47 Å². The van der Waals surface area contributed by atoms with Crippen LogP contribution in [-0.4, -0.2) is 53.0 Å². The molecule has 0 unspecified atom stereocenters. The summed E-state index contributed by atoms with van der Waals surface area (Å²) in [7, 11) is 3.39.